The summed E-state index contributed by atoms with van der Waals surface area (Å²) in [4.78, 5) is 24.6. The minimum Gasteiger partial charge on any atom is -0.483 e. The van der Waals surface area contributed by atoms with Crippen molar-refractivity contribution in [3.63, 3.8) is 0 Å². The van der Waals surface area contributed by atoms with Crippen LogP contribution in [0.2, 0.25) is 0 Å². The van der Waals surface area contributed by atoms with E-state index in [1.165, 1.54) is 24.3 Å². The van der Waals surface area contributed by atoms with Crippen molar-refractivity contribution >= 4 is 34.0 Å². The lowest BCUT2D eigenvalue weighted by molar-refractivity contribution is -0.118. The summed E-state index contributed by atoms with van der Waals surface area (Å²) in [5.74, 6) is -0.371. The first kappa shape index (κ1) is 20.1. The van der Waals surface area contributed by atoms with Gasteiger partial charge in [-0.1, -0.05) is 36.4 Å². The molecule has 0 heterocycles. The van der Waals surface area contributed by atoms with Gasteiger partial charge in [0.15, 0.2) is 6.61 Å². The molecule has 0 saturated carbocycles. The Kier molecular flexibility index (Phi) is 5.89. The first-order valence-electron chi connectivity index (χ1n) is 9.66. The first-order valence-corrected chi connectivity index (χ1v) is 9.66. The fourth-order valence-corrected chi connectivity index (χ4v) is 3.10. The standard InChI is InChI=1S/C25H19FN2O3/c26-19-10-14-21(15-11-19)28-25(30)18-8-12-20(13-9-18)27-24(29)16-31-23-7-3-5-17-4-1-2-6-22(17)23/h1-15H,16H2,(H,27,29)(H,28,30). The summed E-state index contributed by atoms with van der Waals surface area (Å²) in [5, 5.41) is 7.41. The third-order valence-corrected chi connectivity index (χ3v) is 4.64. The van der Waals surface area contributed by atoms with Crippen LogP contribution in [-0.4, -0.2) is 18.4 Å². The molecule has 31 heavy (non-hydrogen) atoms. The molecular weight excluding hydrogens is 395 g/mol. The number of anilines is 2. The maximum absolute atomic E-state index is 13.0. The second kappa shape index (κ2) is 9.09. The zero-order valence-corrected chi connectivity index (χ0v) is 16.5. The Hall–Kier alpha value is -4.19. The van der Waals surface area contributed by atoms with Crippen LogP contribution in [0.15, 0.2) is 91.0 Å². The van der Waals surface area contributed by atoms with Gasteiger partial charge in [0.25, 0.3) is 11.8 Å². The molecule has 0 aliphatic rings. The second-order valence-corrected chi connectivity index (χ2v) is 6.85. The number of carbonyl (C=O) groups excluding carboxylic acids is 2. The number of halogens is 1. The maximum atomic E-state index is 13.0. The molecular formula is C25H19FN2O3. The van der Waals surface area contributed by atoms with Crippen LogP contribution in [0.5, 0.6) is 5.75 Å². The Morgan fingerprint density at radius 1 is 0.742 bits per heavy atom. The predicted molar refractivity (Wildman–Crippen MR) is 119 cm³/mol. The average molecular weight is 414 g/mol. The number of amides is 2. The molecule has 154 valence electrons. The van der Waals surface area contributed by atoms with Gasteiger partial charge in [-0.05, 0) is 60.0 Å². The van der Waals surface area contributed by atoms with E-state index in [0.29, 0.717) is 22.7 Å². The number of nitrogens with one attached hydrogen (secondary N) is 2. The number of hydrogen-bond acceptors (Lipinski definition) is 3. The highest BCUT2D eigenvalue weighted by molar-refractivity contribution is 6.04. The summed E-state index contributed by atoms with van der Waals surface area (Å²) < 4.78 is 18.6. The zero-order chi connectivity index (χ0) is 21.6. The van der Waals surface area contributed by atoms with Crippen molar-refractivity contribution < 1.29 is 18.7 Å². The van der Waals surface area contributed by atoms with E-state index < -0.39 is 0 Å². The van der Waals surface area contributed by atoms with Gasteiger partial charge < -0.3 is 15.4 Å². The summed E-state index contributed by atoms with van der Waals surface area (Å²) in [6, 6.07) is 25.5. The van der Waals surface area contributed by atoms with Crippen molar-refractivity contribution in [3.05, 3.63) is 102 Å². The minimum absolute atomic E-state index is 0.138. The highest BCUT2D eigenvalue weighted by atomic mass is 19.1. The molecule has 6 heteroatoms. The van der Waals surface area contributed by atoms with Gasteiger partial charge in [0.05, 0.1) is 0 Å². The molecule has 0 aromatic heterocycles. The van der Waals surface area contributed by atoms with Crippen LogP contribution in [0, 0.1) is 5.82 Å². The molecule has 2 N–H and O–H groups in total. The maximum Gasteiger partial charge on any atom is 0.262 e. The number of ether oxygens (including phenoxy) is 1. The number of carbonyl (C=O) groups is 2. The van der Waals surface area contributed by atoms with Gasteiger partial charge in [0.1, 0.15) is 11.6 Å². The normalized spacial score (nSPS) is 10.5. The average Bonchev–Trinajstić information content (AvgIpc) is 2.79. The van der Waals surface area contributed by atoms with Crippen LogP contribution >= 0.6 is 0 Å². The van der Waals surface area contributed by atoms with Gasteiger partial charge in [0, 0.05) is 22.3 Å². The van der Waals surface area contributed by atoms with Gasteiger partial charge in [-0.15, -0.1) is 0 Å². The summed E-state index contributed by atoms with van der Waals surface area (Å²) in [7, 11) is 0. The SMILES string of the molecule is O=C(COc1cccc2ccccc12)Nc1ccc(C(=O)Nc2ccc(F)cc2)cc1. The molecule has 0 aliphatic carbocycles. The van der Waals surface area contributed by atoms with Crippen LogP contribution in [-0.2, 0) is 4.79 Å². The van der Waals surface area contributed by atoms with Crippen LogP contribution in [0.1, 0.15) is 10.4 Å². The molecule has 0 aliphatic heterocycles. The largest absolute Gasteiger partial charge is 0.483 e. The number of hydrogen-bond donors (Lipinski definition) is 2. The zero-order valence-electron chi connectivity index (χ0n) is 16.5. The lowest BCUT2D eigenvalue weighted by atomic mass is 10.1. The molecule has 5 nitrogen and oxygen atoms in total. The predicted octanol–water partition coefficient (Wildman–Crippen LogP) is 5.25. The van der Waals surface area contributed by atoms with Gasteiger partial charge in [0.2, 0.25) is 0 Å². The highest BCUT2D eigenvalue weighted by Gasteiger charge is 2.09. The van der Waals surface area contributed by atoms with Crippen molar-refractivity contribution in [2.24, 2.45) is 0 Å². The third kappa shape index (κ3) is 5.05. The Morgan fingerprint density at radius 2 is 1.39 bits per heavy atom. The molecule has 0 fully saturated rings. The van der Waals surface area contributed by atoms with Crippen molar-refractivity contribution in [3.8, 4) is 5.75 Å². The second-order valence-electron chi connectivity index (χ2n) is 6.85. The summed E-state index contributed by atoms with van der Waals surface area (Å²) >= 11 is 0. The molecule has 4 aromatic carbocycles. The van der Waals surface area contributed by atoms with Gasteiger partial charge in [-0.25, -0.2) is 4.39 Å². The van der Waals surface area contributed by atoms with E-state index in [-0.39, 0.29) is 24.2 Å². The molecule has 0 saturated heterocycles. The number of rotatable bonds is 6. The monoisotopic (exact) mass is 414 g/mol. The van der Waals surface area contributed by atoms with Crippen molar-refractivity contribution in [2.45, 2.75) is 0 Å². The van der Waals surface area contributed by atoms with Crippen LogP contribution < -0.4 is 15.4 Å². The minimum atomic E-state index is -0.373. The van der Waals surface area contributed by atoms with Gasteiger partial charge >= 0.3 is 0 Å². The van der Waals surface area contributed by atoms with E-state index >= 15 is 0 Å². The fraction of sp³-hybridized carbons (Fsp3) is 0.0400. The van der Waals surface area contributed by atoms with Crippen molar-refractivity contribution in [2.75, 3.05) is 17.2 Å². The molecule has 0 atom stereocenters. The first-order chi connectivity index (χ1) is 15.1. The lowest BCUT2D eigenvalue weighted by Crippen LogP contribution is -2.20. The van der Waals surface area contributed by atoms with E-state index in [0.717, 1.165) is 10.8 Å². The molecule has 0 radical (unpaired) electrons. The quantitative estimate of drug-likeness (QED) is 0.453. The van der Waals surface area contributed by atoms with Crippen LogP contribution in [0.25, 0.3) is 10.8 Å². The highest BCUT2D eigenvalue weighted by Crippen LogP contribution is 2.25. The van der Waals surface area contributed by atoms with Crippen molar-refractivity contribution in [1.29, 1.82) is 0 Å². The Morgan fingerprint density at radius 3 is 2.16 bits per heavy atom. The summed E-state index contributed by atoms with van der Waals surface area (Å²) in [5.41, 5.74) is 1.45. The van der Waals surface area contributed by atoms with Crippen LogP contribution in [0.4, 0.5) is 15.8 Å². The fourth-order valence-electron chi connectivity index (χ4n) is 3.10. The van der Waals surface area contributed by atoms with E-state index in [4.69, 9.17) is 4.74 Å². The number of benzene rings is 4. The molecule has 4 rings (SSSR count). The Bertz CT molecular complexity index is 1220. The molecule has 0 unspecified atom stereocenters. The molecule has 0 bridgehead atoms. The Labute approximate surface area is 178 Å². The Balaban J connectivity index is 1.33. The summed E-state index contributed by atoms with van der Waals surface area (Å²) in [6.45, 7) is -0.138. The van der Waals surface area contributed by atoms with E-state index in [9.17, 15) is 14.0 Å². The van der Waals surface area contributed by atoms with Crippen LogP contribution in [0.3, 0.4) is 0 Å². The molecule has 2 amide bonds. The van der Waals surface area contributed by atoms with Gasteiger partial charge in [-0.2, -0.15) is 0 Å². The third-order valence-electron chi connectivity index (χ3n) is 4.64. The van der Waals surface area contributed by atoms with Gasteiger partial charge in [-0.3, -0.25) is 9.59 Å². The topological polar surface area (TPSA) is 67.4 Å². The molecule has 0 spiro atoms. The number of fused-ring (bicyclic) bond motifs is 1. The van der Waals surface area contributed by atoms with E-state index in [1.807, 2.05) is 42.5 Å². The van der Waals surface area contributed by atoms with E-state index in [1.54, 1.807) is 24.3 Å². The van der Waals surface area contributed by atoms with E-state index in [2.05, 4.69) is 10.6 Å². The molecule has 4 aromatic rings. The van der Waals surface area contributed by atoms with Crippen molar-refractivity contribution in [1.82, 2.24) is 0 Å². The smallest absolute Gasteiger partial charge is 0.262 e. The summed E-state index contributed by atoms with van der Waals surface area (Å²) in [6.07, 6.45) is 0. The lowest BCUT2D eigenvalue weighted by Gasteiger charge is -2.10.